The van der Waals surface area contributed by atoms with Gasteiger partial charge in [0.25, 0.3) is 5.92 Å². The predicted molar refractivity (Wildman–Crippen MR) is 73.8 cm³/mol. The molecule has 2 nitrogen and oxygen atoms in total. The molecule has 1 unspecified atom stereocenters. The summed E-state index contributed by atoms with van der Waals surface area (Å²) in [5.74, 6) is -3.41. The van der Waals surface area contributed by atoms with Crippen LogP contribution in [0.2, 0.25) is 0 Å². The Balaban J connectivity index is 2.03. The molecule has 3 rings (SSSR count). The fourth-order valence-electron chi connectivity index (χ4n) is 3.73. The number of halogens is 2. The first-order chi connectivity index (χ1) is 9.45. The van der Waals surface area contributed by atoms with Crippen LogP contribution in [0.1, 0.15) is 30.4 Å². The van der Waals surface area contributed by atoms with E-state index in [9.17, 15) is 13.9 Å². The first-order valence-corrected chi connectivity index (χ1v) is 7.32. The molecule has 0 radical (unpaired) electrons. The number of nitrogens with zero attached hydrogens (tertiary/aromatic N) is 1. The molecule has 1 heterocycles. The minimum absolute atomic E-state index is 0.257. The van der Waals surface area contributed by atoms with Crippen LogP contribution in [0.5, 0.6) is 0 Å². The molecule has 0 spiro atoms. The van der Waals surface area contributed by atoms with E-state index in [0.29, 0.717) is 24.8 Å². The number of rotatable bonds is 1. The first-order valence-electron chi connectivity index (χ1n) is 7.32. The maximum atomic E-state index is 14.5. The molecule has 1 N–H and O–H groups in total. The molecule has 1 aliphatic heterocycles. The Hall–Kier alpha value is -1.00. The van der Waals surface area contributed by atoms with Crippen molar-refractivity contribution >= 4 is 0 Å². The highest BCUT2D eigenvalue weighted by molar-refractivity contribution is 5.38. The van der Waals surface area contributed by atoms with Crippen LogP contribution in [0.3, 0.4) is 0 Å². The molecular weight excluding hydrogens is 260 g/mol. The lowest BCUT2D eigenvalue weighted by atomic mass is 9.66. The molecule has 4 heteroatoms. The van der Waals surface area contributed by atoms with Crippen molar-refractivity contribution in [2.75, 3.05) is 20.1 Å². The second-order valence-corrected chi connectivity index (χ2v) is 6.21. The van der Waals surface area contributed by atoms with Gasteiger partial charge in [0, 0.05) is 12.3 Å². The normalized spacial score (nSPS) is 31.0. The second-order valence-electron chi connectivity index (χ2n) is 6.21. The zero-order valence-electron chi connectivity index (χ0n) is 11.8. The average Bonchev–Trinajstić information content (AvgIpc) is 2.44. The van der Waals surface area contributed by atoms with E-state index in [1.807, 2.05) is 19.2 Å². The van der Waals surface area contributed by atoms with Crippen LogP contribution in [0.25, 0.3) is 0 Å². The van der Waals surface area contributed by atoms with Crippen LogP contribution >= 0.6 is 0 Å². The van der Waals surface area contributed by atoms with Gasteiger partial charge < -0.3 is 10.0 Å². The molecule has 0 aromatic heterocycles. The molecule has 1 fully saturated rings. The lowest BCUT2D eigenvalue weighted by Crippen LogP contribution is -2.56. The zero-order chi connectivity index (χ0) is 14.4. The zero-order valence-corrected chi connectivity index (χ0v) is 11.8. The molecule has 0 bridgehead atoms. The van der Waals surface area contributed by atoms with Gasteiger partial charge in [-0.2, -0.15) is 0 Å². The van der Waals surface area contributed by atoms with Crippen LogP contribution in [-0.2, 0) is 12.0 Å². The molecule has 0 amide bonds. The molecule has 2 aliphatic rings. The summed E-state index contributed by atoms with van der Waals surface area (Å²) >= 11 is 0. The number of likely N-dealkylation sites (tertiary alicyclic amines) is 1. The van der Waals surface area contributed by atoms with E-state index < -0.39 is 11.5 Å². The third-order valence-corrected chi connectivity index (χ3v) is 5.00. The molecule has 20 heavy (non-hydrogen) atoms. The lowest BCUT2D eigenvalue weighted by molar-refractivity contribution is -0.230. The fourth-order valence-corrected chi connectivity index (χ4v) is 3.73. The summed E-state index contributed by atoms with van der Waals surface area (Å²) in [5, 5.41) is 11.0. The molecule has 110 valence electrons. The minimum atomic E-state index is -3.04. The number of aliphatic hydroxyl groups is 1. The maximum absolute atomic E-state index is 14.5. The summed E-state index contributed by atoms with van der Waals surface area (Å²) < 4.78 is 29.1. The van der Waals surface area contributed by atoms with Crippen molar-refractivity contribution in [1.29, 1.82) is 0 Å². The van der Waals surface area contributed by atoms with Crippen LogP contribution in [-0.4, -0.2) is 36.1 Å². The Kier molecular flexibility index (Phi) is 3.33. The summed E-state index contributed by atoms with van der Waals surface area (Å²) in [6.45, 7) is 1.54. The minimum Gasteiger partial charge on any atom is -0.379 e. The fraction of sp³-hybridized carbons (Fsp3) is 0.625. The Labute approximate surface area is 118 Å². The van der Waals surface area contributed by atoms with Crippen molar-refractivity contribution in [3.05, 3.63) is 35.4 Å². The standard InChI is InChI=1S/C16H21F2NO/c1-19-10-7-13(8-11-19)16(20)14-5-3-2-4-12(14)6-9-15(16,17)18/h2-5,13,20H,6-11H2,1H3. The molecule has 1 saturated heterocycles. The third-order valence-electron chi connectivity index (χ3n) is 5.00. The smallest absolute Gasteiger partial charge is 0.280 e. The van der Waals surface area contributed by atoms with Crippen LogP contribution in [0, 0.1) is 5.92 Å². The number of hydrogen-bond acceptors (Lipinski definition) is 2. The summed E-state index contributed by atoms with van der Waals surface area (Å²) in [5.41, 5.74) is -0.672. The molecular formula is C16H21F2NO. The first kappa shape index (κ1) is 14.0. The van der Waals surface area contributed by atoms with Gasteiger partial charge in [-0.05, 0) is 50.5 Å². The van der Waals surface area contributed by atoms with E-state index in [2.05, 4.69) is 4.90 Å². The number of aryl methyl sites for hydroxylation is 1. The van der Waals surface area contributed by atoms with Gasteiger partial charge in [0.2, 0.25) is 0 Å². The summed E-state index contributed by atoms with van der Waals surface area (Å²) in [7, 11) is 1.99. The van der Waals surface area contributed by atoms with Crippen molar-refractivity contribution in [3.8, 4) is 0 Å². The topological polar surface area (TPSA) is 23.5 Å². The third kappa shape index (κ3) is 1.97. The number of piperidine rings is 1. The Morgan fingerprint density at radius 2 is 1.85 bits per heavy atom. The van der Waals surface area contributed by atoms with Crippen molar-refractivity contribution in [3.63, 3.8) is 0 Å². The predicted octanol–water partition coefficient (Wildman–Crippen LogP) is 2.80. The number of fused-ring (bicyclic) bond motifs is 1. The molecule has 1 aromatic carbocycles. The van der Waals surface area contributed by atoms with E-state index in [1.54, 1.807) is 12.1 Å². The van der Waals surface area contributed by atoms with Crippen molar-refractivity contribution in [1.82, 2.24) is 4.90 Å². The van der Waals surface area contributed by atoms with Gasteiger partial charge in [-0.1, -0.05) is 24.3 Å². The van der Waals surface area contributed by atoms with Gasteiger partial charge in [0.05, 0.1) is 0 Å². The summed E-state index contributed by atoms with van der Waals surface area (Å²) in [4.78, 5) is 2.13. The van der Waals surface area contributed by atoms with Crippen LogP contribution in [0.15, 0.2) is 24.3 Å². The molecule has 1 aromatic rings. The number of benzene rings is 1. The summed E-state index contributed by atoms with van der Waals surface area (Å²) in [6, 6.07) is 7.16. The van der Waals surface area contributed by atoms with Gasteiger partial charge in [-0.3, -0.25) is 0 Å². The monoisotopic (exact) mass is 281 g/mol. The van der Waals surface area contributed by atoms with Gasteiger partial charge in [0.15, 0.2) is 5.60 Å². The maximum Gasteiger partial charge on any atom is 0.280 e. The average molecular weight is 281 g/mol. The number of alkyl halides is 2. The van der Waals surface area contributed by atoms with E-state index >= 15 is 0 Å². The van der Waals surface area contributed by atoms with Gasteiger partial charge in [-0.15, -0.1) is 0 Å². The van der Waals surface area contributed by atoms with Crippen LogP contribution < -0.4 is 0 Å². The van der Waals surface area contributed by atoms with Crippen molar-refractivity contribution < 1.29 is 13.9 Å². The molecule has 1 aliphatic carbocycles. The van der Waals surface area contributed by atoms with Crippen LogP contribution in [0.4, 0.5) is 8.78 Å². The number of hydrogen-bond donors (Lipinski definition) is 1. The van der Waals surface area contributed by atoms with E-state index in [1.165, 1.54) is 0 Å². The quantitative estimate of drug-likeness (QED) is 0.855. The Morgan fingerprint density at radius 1 is 1.20 bits per heavy atom. The van der Waals surface area contributed by atoms with Gasteiger partial charge >= 0.3 is 0 Å². The van der Waals surface area contributed by atoms with E-state index in [-0.39, 0.29) is 12.3 Å². The highest BCUT2D eigenvalue weighted by Crippen LogP contribution is 2.52. The lowest BCUT2D eigenvalue weighted by Gasteiger charge is -2.48. The van der Waals surface area contributed by atoms with Gasteiger partial charge in [-0.25, -0.2) is 8.78 Å². The van der Waals surface area contributed by atoms with Crippen molar-refractivity contribution in [2.24, 2.45) is 5.92 Å². The summed E-state index contributed by atoms with van der Waals surface area (Å²) in [6.07, 6.45) is 1.33. The second kappa shape index (κ2) is 4.78. The molecule has 0 saturated carbocycles. The Morgan fingerprint density at radius 3 is 2.55 bits per heavy atom. The molecule has 1 atom stereocenters. The van der Waals surface area contributed by atoms with Crippen molar-refractivity contribution in [2.45, 2.75) is 37.2 Å². The highest BCUT2D eigenvalue weighted by Gasteiger charge is 2.60. The Bertz CT molecular complexity index is 497. The SMILES string of the molecule is CN1CCC(C2(O)c3ccccc3CCC2(F)F)CC1. The largest absolute Gasteiger partial charge is 0.379 e. The highest BCUT2D eigenvalue weighted by atomic mass is 19.3. The van der Waals surface area contributed by atoms with Gasteiger partial charge in [0.1, 0.15) is 0 Å². The van der Waals surface area contributed by atoms with E-state index in [4.69, 9.17) is 0 Å². The van der Waals surface area contributed by atoms with E-state index in [0.717, 1.165) is 18.7 Å².